The van der Waals surface area contributed by atoms with Gasteiger partial charge in [-0.1, -0.05) is 23.2 Å². The first kappa shape index (κ1) is 24.4. The number of methoxy groups -OCH3 is 1. The molecular formula is C24H29Cl2N5O3. The normalized spacial score (nSPS) is 15.4. The second kappa shape index (κ2) is 8.82. The Hall–Kier alpha value is -2.71. The molecule has 3 aromatic rings. The van der Waals surface area contributed by atoms with Gasteiger partial charge in [-0.25, -0.2) is 9.78 Å². The fourth-order valence-electron chi connectivity index (χ4n) is 4.41. The van der Waals surface area contributed by atoms with Gasteiger partial charge in [0.25, 0.3) is 0 Å². The zero-order valence-corrected chi connectivity index (χ0v) is 21.7. The van der Waals surface area contributed by atoms with Crippen LogP contribution in [0.25, 0.3) is 10.9 Å². The van der Waals surface area contributed by atoms with Gasteiger partial charge in [-0.05, 0) is 46.8 Å². The van der Waals surface area contributed by atoms with Gasteiger partial charge in [-0.3, -0.25) is 4.68 Å². The van der Waals surface area contributed by atoms with E-state index in [2.05, 4.69) is 4.98 Å². The van der Waals surface area contributed by atoms with E-state index in [-0.39, 0.29) is 18.1 Å². The van der Waals surface area contributed by atoms with Gasteiger partial charge in [0.2, 0.25) is 0 Å². The van der Waals surface area contributed by atoms with Crippen molar-refractivity contribution in [1.82, 2.24) is 19.7 Å². The Morgan fingerprint density at radius 1 is 1.29 bits per heavy atom. The van der Waals surface area contributed by atoms with Crippen LogP contribution < -0.4 is 10.5 Å². The predicted molar refractivity (Wildman–Crippen MR) is 134 cm³/mol. The zero-order chi connectivity index (χ0) is 24.9. The Bertz CT molecular complexity index is 1260. The molecule has 182 valence electrons. The van der Waals surface area contributed by atoms with Gasteiger partial charge in [-0.2, -0.15) is 5.10 Å². The third-order valence-corrected chi connectivity index (χ3v) is 6.82. The Morgan fingerprint density at radius 3 is 2.59 bits per heavy atom. The first-order valence-corrected chi connectivity index (χ1v) is 11.8. The van der Waals surface area contributed by atoms with Crippen LogP contribution in [0.1, 0.15) is 56.5 Å². The molecule has 1 aromatic carbocycles. The number of anilines is 1. The molecule has 0 spiro atoms. The average Bonchev–Trinajstić information content (AvgIpc) is 3.05. The van der Waals surface area contributed by atoms with Crippen molar-refractivity contribution in [3.8, 4) is 5.75 Å². The molecule has 1 aliphatic rings. The summed E-state index contributed by atoms with van der Waals surface area (Å²) in [7, 11) is 1.61. The summed E-state index contributed by atoms with van der Waals surface area (Å²) in [5, 5.41) is 6.40. The molecule has 34 heavy (non-hydrogen) atoms. The number of rotatable bonds is 4. The molecule has 1 saturated heterocycles. The SMILES string of the molecule is COc1c(C(C)n2nc(C)c3c(N)nccc32)cc(Cl)c(Cl)c1C1CN(C(=O)OC(C)(C)C)C1. The molecule has 1 atom stereocenters. The maximum atomic E-state index is 12.4. The topological polar surface area (TPSA) is 95.5 Å². The third kappa shape index (κ3) is 4.25. The van der Waals surface area contributed by atoms with Crippen LogP contribution in [0.4, 0.5) is 10.6 Å². The summed E-state index contributed by atoms with van der Waals surface area (Å²) in [6, 6.07) is 3.47. The first-order valence-electron chi connectivity index (χ1n) is 11.1. The maximum Gasteiger partial charge on any atom is 0.410 e. The molecule has 0 bridgehead atoms. The Kier molecular flexibility index (Phi) is 6.33. The number of likely N-dealkylation sites (tertiary alicyclic amines) is 1. The Morgan fingerprint density at radius 2 is 1.97 bits per heavy atom. The summed E-state index contributed by atoms with van der Waals surface area (Å²) < 4.78 is 13.2. The van der Waals surface area contributed by atoms with Crippen LogP contribution in [0.5, 0.6) is 5.75 Å². The lowest BCUT2D eigenvalue weighted by Gasteiger charge is -2.41. The molecule has 8 nitrogen and oxygen atoms in total. The van der Waals surface area contributed by atoms with Gasteiger partial charge in [0.15, 0.2) is 0 Å². The summed E-state index contributed by atoms with van der Waals surface area (Å²) in [5.41, 5.74) is 8.83. The van der Waals surface area contributed by atoms with Crippen LogP contribution in [-0.2, 0) is 4.74 Å². The number of nitrogen functional groups attached to an aromatic ring is 1. The van der Waals surface area contributed by atoms with Gasteiger partial charge >= 0.3 is 6.09 Å². The molecule has 0 saturated carbocycles. The van der Waals surface area contributed by atoms with E-state index in [0.717, 1.165) is 27.7 Å². The molecular weight excluding hydrogens is 477 g/mol. The number of aromatic nitrogens is 3. The number of carbonyl (C=O) groups is 1. The highest BCUT2D eigenvalue weighted by Crippen LogP contribution is 2.46. The van der Waals surface area contributed by atoms with E-state index in [9.17, 15) is 4.79 Å². The largest absolute Gasteiger partial charge is 0.496 e. The van der Waals surface area contributed by atoms with E-state index in [1.54, 1.807) is 18.2 Å². The number of hydrogen-bond donors (Lipinski definition) is 1. The van der Waals surface area contributed by atoms with Crippen molar-refractivity contribution < 1.29 is 14.3 Å². The highest BCUT2D eigenvalue weighted by Gasteiger charge is 2.39. The number of carbonyl (C=O) groups excluding carboxylic acids is 1. The minimum atomic E-state index is -0.556. The molecule has 1 unspecified atom stereocenters. The smallest absolute Gasteiger partial charge is 0.410 e. The highest BCUT2D eigenvalue weighted by atomic mass is 35.5. The molecule has 0 aliphatic carbocycles. The summed E-state index contributed by atoms with van der Waals surface area (Å²) in [4.78, 5) is 18.3. The van der Waals surface area contributed by atoms with E-state index in [1.807, 2.05) is 51.4 Å². The monoisotopic (exact) mass is 505 g/mol. The molecule has 1 fully saturated rings. The van der Waals surface area contributed by atoms with Crippen LogP contribution in [-0.4, -0.2) is 51.6 Å². The zero-order valence-electron chi connectivity index (χ0n) is 20.1. The van der Waals surface area contributed by atoms with Crippen molar-refractivity contribution in [3.05, 3.63) is 45.2 Å². The average molecular weight is 506 g/mol. The quantitative estimate of drug-likeness (QED) is 0.496. The third-order valence-electron chi connectivity index (χ3n) is 6.02. The molecule has 10 heteroatoms. The predicted octanol–water partition coefficient (Wildman–Crippen LogP) is 5.58. The highest BCUT2D eigenvalue weighted by molar-refractivity contribution is 6.42. The van der Waals surface area contributed by atoms with Crippen molar-refractivity contribution in [2.75, 3.05) is 25.9 Å². The number of halogens is 2. The molecule has 0 radical (unpaired) electrons. The van der Waals surface area contributed by atoms with Crippen LogP contribution in [0, 0.1) is 6.92 Å². The number of pyridine rings is 1. The summed E-state index contributed by atoms with van der Waals surface area (Å²) in [6.45, 7) is 10.4. The van der Waals surface area contributed by atoms with Crippen molar-refractivity contribution in [1.29, 1.82) is 0 Å². The summed E-state index contributed by atoms with van der Waals surface area (Å²) in [6.07, 6.45) is 1.32. The van der Waals surface area contributed by atoms with Crippen molar-refractivity contribution in [2.24, 2.45) is 0 Å². The minimum absolute atomic E-state index is 0.0319. The van der Waals surface area contributed by atoms with Gasteiger partial charge in [0.05, 0.1) is 39.8 Å². The van der Waals surface area contributed by atoms with Crippen LogP contribution in [0.15, 0.2) is 18.3 Å². The van der Waals surface area contributed by atoms with E-state index >= 15 is 0 Å². The van der Waals surface area contributed by atoms with Gasteiger partial charge in [0, 0.05) is 36.3 Å². The molecule has 2 aromatic heterocycles. The van der Waals surface area contributed by atoms with E-state index in [1.165, 1.54) is 0 Å². The van der Waals surface area contributed by atoms with E-state index in [4.69, 9.17) is 43.5 Å². The van der Waals surface area contributed by atoms with E-state index in [0.29, 0.717) is 34.7 Å². The summed E-state index contributed by atoms with van der Waals surface area (Å²) in [5.74, 6) is 1.04. The molecule has 1 aliphatic heterocycles. The van der Waals surface area contributed by atoms with E-state index < -0.39 is 5.60 Å². The molecule has 2 N–H and O–H groups in total. The van der Waals surface area contributed by atoms with Crippen molar-refractivity contribution >= 4 is 46.0 Å². The second-order valence-electron chi connectivity index (χ2n) is 9.59. The fraction of sp³-hybridized carbons (Fsp3) is 0.458. The first-order chi connectivity index (χ1) is 15.9. The lowest BCUT2D eigenvalue weighted by Crippen LogP contribution is -2.50. The summed E-state index contributed by atoms with van der Waals surface area (Å²) >= 11 is 13.3. The standard InChI is InChI=1S/C24H29Cl2N5O3/c1-12-18-17(7-8-28-22(18)27)31(29-12)13(2)15-9-16(25)20(26)19(21(15)33-6)14-10-30(11-14)23(32)34-24(3,4)5/h7-9,13-14H,10-11H2,1-6H3,(H2,27,28). The number of nitrogens with two attached hydrogens (primary N) is 1. The number of nitrogens with zero attached hydrogens (tertiary/aromatic N) is 4. The number of amides is 1. The van der Waals surface area contributed by atoms with Gasteiger partial charge in [0.1, 0.15) is 17.2 Å². The number of aryl methyl sites for hydroxylation is 1. The van der Waals surface area contributed by atoms with Crippen molar-refractivity contribution in [2.45, 2.75) is 52.2 Å². The van der Waals surface area contributed by atoms with Crippen LogP contribution in [0.3, 0.4) is 0 Å². The molecule has 3 heterocycles. The number of fused-ring (bicyclic) bond motifs is 1. The lowest BCUT2D eigenvalue weighted by atomic mass is 9.88. The maximum absolute atomic E-state index is 12.4. The number of ether oxygens (including phenoxy) is 2. The van der Waals surface area contributed by atoms with Crippen LogP contribution in [0.2, 0.25) is 10.0 Å². The van der Waals surface area contributed by atoms with Gasteiger partial charge in [-0.15, -0.1) is 0 Å². The fourth-order valence-corrected chi connectivity index (χ4v) is 4.92. The van der Waals surface area contributed by atoms with Gasteiger partial charge < -0.3 is 20.1 Å². The number of hydrogen-bond acceptors (Lipinski definition) is 6. The second-order valence-corrected chi connectivity index (χ2v) is 10.4. The van der Waals surface area contributed by atoms with Crippen molar-refractivity contribution in [3.63, 3.8) is 0 Å². The van der Waals surface area contributed by atoms with Crippen LogP contribution >= 0.6 is 23.2 Å². The lowest BCUT2D eigenvalue weighted by molar-refractivity contribution is 0.00800. The Labute approximate surface area is 208 Å². The molecule has 1 amide bonds. The minimum Gasteiger partial charge on any atom is -0.496 e. The molecule has 4 rings (SSSR count). The Balaban J connectivity index is 1.71. The number of benzene rings is 1.